The van der Waals surface area contributed by atoms with Gasteiger partial charge in [-0.25, -0.2) is 0 Å². The Bertz CT molecular complexity index is 229. The van der Waals surface area contributed by atoms with Gasteiger partial charge in [-0.15, -0.1) is 0 Å². The fourth-order valence-electron chi connectivity index (χ4n) is 0.618. The number of carbonyl (C=O) groups is 2. The Morgan fingerprint density at radius 2 is 1.56 bits per heavy atom. The Hall–Kier alpha value is -0.217. The van der Waals surface area contributed by atoms with Gasteiger partial charge >= 0.3 is 32.2 Å². The van der Waals surface area contributed by atoms with Crippen LogP contribution in [0.25, 0.3) is 0 Å². The van der Waals surface area contributed by atoms with Gasteiger partial charge in [0.2, 0.25) is 0 Å². The fourth-order valence-corrected chi connectivity index (χ4v) is 0.618. The topological polar surface area (TPSA) is 182 Å². The van der Waals surface area contributed by atoms with Gasteiger partial charge in [-0.05, 0) is 0 Å². The van der Waals surface area contributed by atoms with E-state index in [0.717, 1.165) is 0 Å². The molecule has 0 saturated heterocycles. The molecule has 0 aliphatic rings. The second-order valence-electron chi connectivity index (χ2n) is 2.96. The summed E-state index contributed by atoms with van der Waals surface area (Å²) >= 11 is 0. The van der Waals surface area contributed by atoms with Crippen molar-refractivity contribution in [2.24, 2.45) is 5.73 Å². The van der Waals surface area contributed by atoms with Crippen LogP contribution in [-0.4, -0.2) is 107 Å². The zero-order valence-electron chi connectivity index (χ0n) is 9.59. The van der Waals surface area contributed by atoms with Crippen LogP contribution in [0.15, 0.2) is 0 Å². The first-order valence-corrected chi connectivity index (χ1v) is 4.52. The summed E-state index contributed by atoms with van der Waals surface area (Å²) in [5.74, 6) is -0.968. The normalized spacial score (nSPS) is 16.1. The monoisotopic (exact) mass is 467 g/mol. The molecule has 9 nitrogen and oxygen atoms in total. The summed E-state index contributed by atoms with van der Waals surface area (Å²) in [5, 5.41) is 51.1. The Kier molecular flexibility index (Phi) is 16.8. The molecule has 0 fully saturated rings. The van der Waals surface area contributed by atoms with E-state index in [2.05, 4.69) is 5.73 Å². The molecule has 0 rings (SSSR count). The molecule has 0 aromatic heterocycles. The predicted octanol–water partition coefficient (Wildman–Crippen LogP) is -5.53. The van der Waals surface area contributed by atoms with Gasteiger partial charge in [0.1, 0.15) is 24.4 Å². The molecular weight excluding hydrogens is 447 g/mol. The van der Waals surface area contributed by atoms with E-state index >= 15 is 0 Å². The molecule has 0 unspecified atom stereocenters. The Morgan fingerprint density at radius 1 is 1.17 bits per heavy atom. The van der Waals surface area contributed by atoms with E-state index in [1.807, 2.05) is 0 Å². The average molecular weight is 467 g/mol. The number of rotatable bonds is 6. The molecule has 0 aliphatic heterocycles. The first-order valence-electron chi connectivity index (χ1n) is 4.52. The van der Waals surface area contributed by atoms with Crippen LogP contribution < -0.4 is 5.73 Å². The quantitative estimate of drug-likeness (QED) is 0.148. The number of carbonyl (C=O) groups excluding carboxylic acids is 1. The van der Waals surface area contributed by atoms with E-state index < -0.39 is 37.0 Å². The molecule has 0 aliphatic carbocycles. The first kappa shape index (κ1) is 22.9. The zero-order chi connectivity index (χ0) is 14.0. The number of carboxylic acids is 1. The van der Waals surface area contributed by atoms with Crippen LogP contribution in [-0.2, 0) is 9.59 Å². The van der Waals surface area contributed by atoms with Gasteiger partial charge in [-0.1, -0.05) is 0 Å². The summed E-state index contributed by atoms with van der Waals surface area (Å²) < 4.78 is 0. The van der Waals surface area contributed by atoms with Crippen molar-refractivity contribution < 1.29 is 40.2 Å². The van der Waals surface area contributed by atoms with Crippen LogP contribution in [0.3, 0.4) is 0 Å². The number of hydrogen-bond acceptors (Lipinski definition) is 8. The molecule has 0 heterocycles. The summed E-state index contributed by atoms with van der Waals surface area (Å²) in [6.07, 6.45) is -6.84. The Balaban J connectivity index is -0.000000321. The third kappa shape index (κ3) is 10.9. The molecule has 8 N–H and O–H groups in total. The summed E-state index contributed by atoms with van der Waals surface area (Å²) in [6.45, 7) is -1.04. The van der Waals surface area contributed by atoms with Gasteiger partial charge < -0.3 is 41.2 Å². The molecule has 110 valence electrons. The van der Waals surface area contributed by atoms with Gasteiger partial charge in [0.15, 0.2) is 6.29 Å². The molecule has 0 bridgehead atoms. The van der Waals surface area contributed by atoms with Crippen LogP contribution in [0.1, 0.15) is 0 Å². The SMILES string of the molecule is NCC(=O)O.O=C[C@H](O)[C@@H](O)[C@H](O)[C@H](O)CO.[BiH3]. The van der Waals surface area contributed by atoms with Crippen molar-refractivity contribution in [3.63, 3.8) is 0 Å². The standard InChI is InChI=1S/C6H12O6.C2H5NO2.Bi.3H/c7-1-3(9)5(11)6(12)4(10)2-8;3-1-2(4)5;;;;/h1,3-6,8-12H,2H2;1,3H2,(H,4,5);;;;/t3-,4+,5+,6+;;;;;/m0...../s1. The summed E-state index contributed by atoms with van der Waals surface area (Å²) in [6, 6.07) is 0. The minimum atomic E-state index is -1.79. The molecule has 0 saturated carbocycles. The minimum absolute atomic E-state index is 0. The average Bonchev–Trinajstić information content (AvgIpc) is 2.35. The summed E-state index contributed by atoms with van der Waals surface area (Å²) in [5.41, 5.74) is 4.57. The van der Waals surface area contributed by atoms with Crippen molar-refractivity contribution in [3.8, 4) is 0 Å². The van der Waals surface area contributed by atoms with Gasteiger partial charge in [0, 0.05) is 0 Å². The molecule has 4 atom stereocenters. The zero-order valence-corrected chi connectivity index (χ0v) is 15.1. The van der Waals surface area contributed by atoms with Gasteiger partial charge in [0.25, 0.3) is 0 Å². The Labute approximate surface area is 122 Å². The van der Waals surface area contributed by atoms with Crippen molar-refractivity contribution >= 4 is 38.5 Å². The van der Waals surface area contributed by atoms with E-state index in [9.17, 15) is 9.59 Å². The van der Waals surface area contributed by atoms with Gasteiger partial charge in [0.05, 0.1) is 13.2 Å². The molecule has 10 heteroatoms. The van der Waals surface area contributed by atoms with E-state index in [-0.39, 0.29) is 39.0 Å². The molecule has 18 heavy (non-hydrogen) atoms. The van der Waals surface area contributed by atoms with Crippen LogP contribution >= 0.6 is 0 Å². The van der Waals surface area contributed by atoms with Crippen LogP contribution in [0, 0.1) is 0 Å². The van der Waals surface area contributed by atoms with Crippen LogP contribution in [0.4, 0.5) is 0 Å². The summed E-state index contributed by atoms with van der Waals surface area (Å²) in [4.78, 5) is 19.1. The Morgan fingerprint density at radius 3 is 1.78 bits per heavy atom. The molecule has 0 spiro atoms. The van der Waals surface area contributed by atoms with Crippen molar-refractivity contribution in [2.45, 2.75) is 24.4 Å². The van der Waals surface area contributed by atoms with Crippen LogP contribution in [0.2, 0.25) is 0 Å². The van der Waals surface area contributed by atoms with Gasteiger partial charge in [-0.2, -0.15) is 0 Å². The van der Waals surface area contributed by atoms with E-state index in [1.165, 1.54) is 0 Å². The number of aliphatic carboxylic acids is 1. The van der Waals surface area contributed by atoms with Crippen molar-refractivity contribution in [2.75, 3.05) is 13.2 Å². The molecule has 0 amide bonds. The number of aliphatic hydroxyl groups is 5. The maximum absolute atomic E-state index is 9.90. The van der Waals surface area contributed by atoms with E-state index in [4.69, 9.17) is 30.6 Å². The van der Waals surface area contributed by atoms with E-state index in [0.29, 0.717) is 0 Å². The summed E-state index contributed by atoms with van der Waals surface area (Å²) in [7, 11) is 0. The maximum atomic E-state index is 9.90. The third-order valence-corrected chi connectivity index (χ3v) is 1.60. The van der Waals surface area contributed by atoms with Crippen molar-refractivity contribution in [1.82, 2.24) is 0 Å². The molecule has 0 radical (unpaired) electrons. The predicted molar refractivity (Wildman–Crippen MR) is 63.8 cm³/mol. The van der Waals surface area contributed by atoms with Gasteiger partial charge in [-0.3, -0.25) is 4.79 Å². The number of carboxylic acid groups (broad SMARTS) is 1. The number of aliphatic hydroxyl groups excluding tert-OH is 5. The van der Waals surface area contributed by atoms with Crippen molar-refractivity contribution in [1.29, 1.82) is 0 Å². The fraction of sp³-hybridized carbons (Fsp3) is 0.750. The first-order chi connectivity index (χ1) is 7.81. The number of aldehydes is 1. The van der Waals surface area contributed by atoms with E-state index in [1.54, 1.807) is 0 Å². The molecule has 0 aromatic carbocycles. The number of hydrogen-bond donors (Lipinski definition) is 7. The van der Waals surface area contributed by atoms with Crippen LogP contribution in [0.5, 0.6) is 0 Å². The molecular formula is C8H20BiNO8. The number of nitrogens with two attached hydrogens (primary N) is 1. The third-order valence-electron chi connectivity index (χ3n) is 1.60. The van der Waals surface area contributed by atoms with Crippen molar-refractivity contribution in [3.05, 3.63) is 0 Å². The second-order valence-corrected chi connectivity index (χ2v) is 2.96. The second kappa shape index (κ2) is 13.2. The molecule has 0 aromatic rings.